The Morgan fingerprint density at radius 3 is 2.78 bits per heavy atom. The molecule has 0 saturated heterocycles. The van der Waals surface area contributed by atoms with E-state index in [4.69, 9.17) is 4.52 Å². The molecule has 2 heterocycles. The van der Waals surface area contributed by atoms with E-state index in [1.54, 1.807) is 18.2 Å². The molecule has 1 aromatic carbocycles. The molecule has 8 heteroatoms. The van der Waals surface area contributed by atoms with Gasteiger partial charge in [-0.15, -0.1) is 5.11 Å². The summed E-state index contributed by atoms with van der Waals surface area (Å²) in [6, 6.07) is 6.61. The third-order valence-corrected chi connectivity index (χ3v) is 3.10. The van der Waals surface area contributed by atoms with Gasteiger partial charge in [-0.2, -0.15) is 5.11 Å². The molecule has 0 fully saturated rings. The normalized spacial score (nSPS) is 16.6. The number of aromatic nitrogens is 1. The third-order valence-electron chi connectivity index (χ3n) is 3.10. The average molecular weight is 314 g/mol. The summed E-state index contributed by atoms with van der Waals surface area (Å²) in [4.78, 5) is 22.7. The molecule has 2 aromatic rings. The lowest BCUT2D eigenvalue weighted by molar-refractivity contribution is -0.121. The van der Waals surface area contributed by atoms with Crippen molar-refractivity contribution in [2.24, 2.45) is 10.2 Å². The van der Waals surface area contributed by atoms with E-state index in [2.05, 4.69) is 20.7 Å². The van der Waals surface area contributed by atoms with Crippen LogP contribution in [0, 0.1) is 5.82 Å². The quantitative estimate of drug-likeness (QED) is 0.933. The molecule has 1 N–H and O–H groups in total. The minimum absolute atomic E-state index is 0.136. The molecule has 0 saturated carbocycles. The Bertz CT molecular complexity index is 779. The van der Waals surface area contributed by atoms with Gasteiger partial charge in [0.2, 0.25) is 0 Å². The van der Waals surface area contributed by atoms with Gasteiger partial charge in [-0.25, -0.2) is 4.39 Å². The lowest BCUT2D eigenvalue weighted by Crippen LogP contribution is -2.32. The largest absolute Gasteiger partial charge is 0.356 e. The first-order valence-corrected chi connectivity index (χ1v) is 6.74. The van der Waals surface area contributed by atoms with Gasteiger partial charge < -0.3 is 9.84 Å². The van der Waals surface area contributed by atoms with Crippen LogP contribution in [0.1, 0.15) is 5.69 Å². The second-order valence-electron chi connectivity index (χ2n) is 4.76. The summed E-state index contributed by atoms with van der Waals surface area (Å²) < 4.78 is 18.0. The number of hydrogen-bond acceptors (Lipinski definition) is 5. The Morgan fingerprint density at radius 2 is 2.09 bits per heavy atom. The number of halogens is 1. The smallest absolute Gasteiger partial charge is 0.287 e. The Hall–Kier alpha value is -3.16. The zero-order valence-electron chi connectivity index (χ0n) is 11.8. The van der Waals surface area contributed by atoms with Crippen LogP contribution in [-0.4, -0.2) is 23.0 Å². The zero-order valence-corrected chi connectivity index (χ0v) is 11.8. The number of azo groups is 1. The number of rotatable bonds is 4. The molecule has 1 aliphatic heterocycles. The minimum atomic E-state index is -0.823. The summed E-state index contributed by atoms with van der Waals surface area (Å²) in [7, 11) is 0. The lowest BCUT2D eigenvalue weighted by Gasteiger charge is -2.08. The molecule has 2 amide bonds. The first kappa shape index (κ1) is 14.8. The fourth-order valence-corrected chi connectivity index (χ4v) is 1.93. The second kappa shape index (κ2) is 6.30. The predicted octanol–water partition coefficient (Wildman–Crippen LogP) is 2.01. The summed E-state index contributed by atoms with van der Waals surface area (Å²) in [5.74, 6) is -0.760. The van der Waals surface area contributed by atoms with Crippen molar-refractivity contribution < 1.29 is 18.5 Å². The fourth-order valence-electron chi connectivity index (χ4n) is 1.93. The molecule has 0 radical (unpaired) electrons. The number of nitrogens with one attached hydrogen (secondary N) is 1. The van der Waals surface area contributed by atoms with Crippen LogP contribution in [0.3, 0.4) is 0 Å². The summed E-state index contributed by atoms with van der Waals surface area (Å²) in [6.07, 6.45) is 2.57. The van der Waals surface area contributed by atoms with E-state index in [0.29, 0.717) is 17.0 Å². The second-order valence-corrected chi connectivity index (χ2v) is 4.76. The van der Waals surface area contributed by atoms with E-state index < -0.39 is 17.9 Å². The number of carbonyl (C=O) groups excluding carboxylic acids is 2. The number of nitrogens with zero attached hydrogens (tertiary/aromatic N) is 3. The van der Waals surface area contributed by atoms with Gasteiger partial charge in [-0.1, -0.05) is 5.16 Å². The molecule has 7 nitrogen and oxygen atoms in total. The van der Waals surface area contributed by atoms with Gasteiger partial charge in [-0.3, -0.25) is 9.59 Å². The summed E-state index contributed by atoms with van der Waals surface area (Å²) >= 11 is 0. The van der Waals surface area contributed by atoms with Crippen LogP contribution in [-0.2, 0) is 16.1 Å². The van der Waals surface area contributed by atoms with Gasteiger partial charge in [-0.05, 0) is 30.3 Å². The maximum Gasteiger partial charge on any atom is 0.287 e. The average Bonchev–Trinajstić information content (AvgIpc) is 3.03. The van der Waals surface area contributed by atoms with Crippen LogP contribution in [0.15, 0.2) is 57.2 Å². The van der Waals surface area contributed by atoms with Crippen LogP contribution < -0.4 is 5.32 Å². The van der Waals surface area contributed by atoms with Crippen LogP contribution in [0.25, 0.3) is 11.3 Å². The number of amides is 2. The number of benzene rings is 1. The van der Waals surface area contributed by atoms with Crippen molar-refractivity contribution in [3.63, 3.8) is 0 Å². The number of carbonyl (C=O) groups is 2. The maximum absolute atomic E-state index is 12.9. The highest BCUT2D eigenvalue weighted by molar-refractivity contribution is 5.92. The molecule has 1 unspecified atom stereocenters. The minimum Gasteiger partial charge on any atom is -0.356 e. The number of hydrogen-bond donors (Lipinski definition) is 1. The molecule has 3 rings (SSSR count). The van der Waals surface area contributed by atoms with Crippen LogP contribution in [0.4, 0.5) is 4.39 Å². The summed E-state index contributed by atoms with van der Waals surface area (Å²) in [5.41, 5.74) is 1.18. The molecular weight excluding hydrogens is 303 g/mol. The van der Waals surface area contributed by atoms with Crippen LogP contribution in [0.2, 0.25) is 0 Å². The first-order valence-electron chi connectivity index (χ1n) is 6.74. The van der Waals surface area contributed by atoms with Crippen LogP contribution in [0.5, 0.6) is 0 Å². The molecule has 0 spiro atoms. The van der Waals surface area contributed by atoms with Crippen molar-refractivity contribution in [1.29, 1.82) is 0 Å². The highest BCUT2D eigenvalue weighted by Crippen LogP contribution is 2.20. The van der Waals surface area contributed by atoms with Gasteiger partial charge >= 0.3 is 0 Å². The van der Waals surface area contributed by atoms with E-state index in [-0.39, 0.29) is 12.4 Å². The van der Waals surface area contributed by atoms with E-state index in [1.807, 2.05) is 0 Å². The third kappa shape index (κ3) is 3.54. The van der Waals surface area contributed by atoms with E-state index in [0.717, 1.165) is 0 Å². The molecule has 0 bridgehead atoms. The Kier molecular flexibility index (Phi) is 4.05. The lowest BCUT2D eigenvalue weighted by atomic mass is 10.1. The topological polar surface area (TPSA) is 96.9 Å². The fraction of sp³-hybridized carbons (Fsp3) is 0.133. The van der Waals surface area contributed by atoms with Gasteiger partial charge in [0.15, 0.2) is 11.8 Å². The highest BCUT2D eigenvalue weighted by Gasteiger charge is 2.18. The first-order chi connectivity index (χ1) is 11.1. The summed E-state index contributed by atoms with van der Waals surface area (Å²) in [6.45, 7) is 0.136. The van der Waals surface area contributed by atoms with Gasteiger partial charge in [0, 0.05) is 17.7 Å². The van der Waals surface area contributed by atoms with Crippen molar-refractivity contribution in [1.82, 2.24) is 10.5 Å². The van der Waals surface area contributed by atoms with Gasteiger partial charge in [0.25, 0.3) is 11.8 Å². The summed E-state index contributed by atoms with van der Waals surface area (Å²) in [5, 5.41) is 13.3. The van der Waals surface area contributed by atoms with Gasteiger partial charge in [0.1, 0.15) is 11.5 Å². The molecule has 0 aliphatic carbocycles. The molecule has 1 atom stereocenters. The molecule has 1 aliphatic rings. The van der Waals surface area contributed by atoms with Crippen molar-refractivity contribution in [2.45, 2.75) is 12.6 Å². The Balaban J connectivity index is 1.60. The Morgan fingerprint density at radius 1 is 1.30 bits per heavy atom. The van der Waals surface area contributed by atoms with Gasteiger partial charge in [0.05, 0.1) is 6.54 Å². The molecule has 116 valence electrons. The molecule has 23 heavy (non-hydrogen) atoms. The molecular formula is C15H11FN4O3. The standard InChI is InChI=1S/C15H11FN4O3/c16-10-3-1-9(2-4-10)13-7-11(20-23-13)8-17-15(22)12-5-6-14(21)19-18-12/h1-7,12H,8H2,(H,17,22). The van der Waals surface area contributed by atoms with E-state index in [9.17, 15) is 14.0 Å². The molecule has 1 aromatic heterocycles. The SMILES string of the molecule is O=C1C=CC(C(=O)NCc2cc(-c3ccc(F)cc3)on2)N=N1. The monoisotopic (exact) mass is 314 g/mol. The predicted molar refractivity (Wildman–Crippen MR) is 76.5 cm³/mol. The van der Waals surface area contributed by atoms with Crippen LogP contribution >= 0.6 is 0 Å². The van der Waals surface area contributed by atoms with Crippen molar-refractivity contribution in [3.8, 4) is 11.3 Å². The van der Waals surface area contributed by atoms with Crippen molar-refractivity contribution in [3.05, 3.63) is 54.0 Å². The Labute approximate surface area is 129 Å². The van der Waals surface area contributed by atoms with Crippen molar-refractivity contribution >= 4 is 11.8 Å². The zero-order chi connectivity index (χ0) is 16.2. The highest BCUT2D eigenvalue weighted by atomic mass is 19.1. The maximum atomic E-state index is 12.9. The van der Waals surface area contributed by atoms with E-state index in [1.165, 1.54) is 24.3 Å². The van der Waals surface area contributed by atoms with E-state index >= 15 is 0 Å². The van der Waals surface area contributed by atoms with Crippen molar-refractivity contribution in [2.75, 3.05) is 0 Å².